The van der Waals surface area contributed by atoms with Gasteiger partial charge in [0.15, 0.2) is 6.17 Å². The molecular formula is C20H19N3O2S. The van der Waals surface area contributed by atoms with E-state index in [9.17, 15) is 4.79 Å². The summed E-state index contributed by atoms with van der Waals surface area (Å²) in [6, 6.07) is 14.2. The van der Waals surface area contributed by atoms with Crippen LogP contribution in [0.5, 0.6) is 0 Å². The van der Waals surface area contributed by atoms with Gasteiger partial charge in [-0.2, -0.15) is 0 Å². The molecule has 1 aromatic carbocycles. The van der Waals surface area contributed by atoms with Crippen LogP contribution in [-0.4, -0.2) is 17.4 Å². The highest BCUT2D eigenvalue weighted by atomic mass is 32.1. The van der Waals surface area contributed by atoms with E-state index in [2.05, 4.69) is 39.8 Å². The Bertz CT molecular complexity index is 934. The minimum Gasteiger partial charge on any atom is -0.465 e. The second kappa shape index (κ2) is 6.30. The highest BCUT2D eigenvalue weighted by molar-refractivity contribution is 7.16. The molecule has 0 saturated heterocycles. The number of nitrogens with zero attached hydrogens (tertiary/aromatic N) is 1. The van der Waals surface area contributed by atoms with Gasteiger partial charge in [-0.25, -0.2) is 0 Å². The summed E-state index contributed by atoms with van der Waals surface area (Å²) in [5.41, 5.74) is 3.36. The Morgan fingerprint density at radius 1 is 1.15 bits per heavy atom. The minimum atomic E-state index is -0.300. The van der Waals surface area contributed by atoms with Crippen molar-refractivity contribution in [1.29, 1.82) is 0 Å². The van der Waals surface area contributed by atoms with Crippen LogP contribution in [-0.2, 0) is 19.5 Å². The first kappa shape index (κ1) is 15.7. The highest BCUT2D eigenvalue weighted by Gasteiger charge is 2.34. The Hall–Kier alpha value is -2.57. The van der Waals surface area contributed by atoms with E-state index >= 15 is 0 Å². The van der Waals surface area contributed by atoms with Crippen molar-refractivity contribution in [3.05, 3.63) is 76.1 Å². The van der Waals surface area contributed by atoms with Gasteiger partial charge in [0.2, 0.25) is 0 Å². The molecule has 2 aliphatic rings. The maximum atomic E-state index is 12.7. The molecule has 0 bridgehead atoms. The molecule has 0 radical (unpaired) electrons. The number of hydrogen-bond donors (Lipinski definition) is 2. The van der Waals surface area contributed by atoms with Crippen molar-refractivity contribution in [3.63, 3.8) is 0 Å². The molecule has 4 heterocycles. The topological polar surface area (TPSA) is 57.5 Å². The maximum absolute atomic E-state index is 12.7. The number of amides is 1. The Balaban J connectivity index is 1.39. The summed E-state index contributed by atoms with van der Waals surface area (Å²) in [6.07, 6.45) is 2.24. The molecule has 0 fully saturated rings. The lowest BCUT2D eigenvalue weighted by Crippen LogP contribution is -2.38. The number of nitrogens with one attached hydrogen (secondary N) is 2. The van der Waals surface area contributed by atoms with Gasteiger partial charge >= 0.3 is 0 Å². The van der Waals surface area contributed by atoms with Gasteiger partial charge in [0, 0.05) is 24.5 Å². The van der Waals surface area contributed by atoms with Crippen LogP contribution in [0.4, 0.5) is 5.00 Å². The lowest BCUT2D eigenvalue weighted by Gasteiger charge is -2.28. The van der Waals surface area contributed by atoms with Gasteiger partial charge in [-0.3, -0.25) is 9.69 Å². The van der Waals surface area contributed by atoms with Crippen molar-refractivity contribution in [2.45, 2.75) is 25.7 Å². The molecule has 2 N–H and O–H groups in total. The van der Waals surface area contributed by atoms with Crippen LogP contribution in [0.3, 0.4) is 0 Å². The summed E-state index contributed by atoms with van der Waals surface area (Å²) >= 11 is 1.70. The minimum absolute atomic E-state index is 0.00541. The summed E-state index contributed by atoms with van der Waals surface area (Å²) in [5, 5.41) is 7.40. The molecule has 5 nitrogen and oxygen atoms in total. The first-order valence-electron chi connectivity index (χ1n) is 8.79. The Morgan fingerprint density at radius 2 is 2.04 bits per heavy atom. The van der Waals surface area contributed by atoms with Crippen LogP contribution in [0.2, 0.25) is 0 Å². The van der Waals surface area contributed by atoms with Crippen molar-refractivity contribution < 1.29 is 9.21 Å². The number of carbonyl (C=O) groups excluding carboxylic acids is 1. The fourth-order valence-electron chi connectivity index (χ4n) is 3.74. The van der Waals surface area contributed by atoms with Crippen molar-refractivity contribution in [3.8, 4) is 0 Å². The monoisotopic (exact) mass is 365 g/mol. The maximum Gasteiger partial charge on any atom is 0.256 e. The molecule has 3 aromatic rings. The van der Waals surface area contributed by atoms with Crippen LogP contribution in [0.1, 0.15) is 38.3 Å². The number of hydrogen-bond acceptors (Lipinski definition) is 5. The van der Waals surface area contributed by atoms with Crippen LogP contribution < -0.4 is 10.6 Å². The van der Waals surface area contributed by atoms with Crippen molar-refractivity contribution in [1.82, 2.24) is 10.2 Å². The normalized spacial score (nSPS) is 19.4. The summed E-state index contributed by atoms with van der Waals surface area (Å²) in [7, 11) is 0. The highest BCUT2D eigenvalue weighted by Crippen LogP contribution is 2.40. The number of furan rings is 1. The molecule has 1 atom stereocenters. The largest absolute Gasteiger partial charge is 0.465 e. The Kier molecular flexibility index (Phi) is 3.80. The van der Waals surface area contributed by atoms with E-state index in [4.69, 9.17) is 4.42 Å². The van der Waals surface area contributed by atoms with E-state index in [1.54, 1.807) is 17.6 Å². The fraction of sp³-hybridized carbons (Fsp3) is 0.250. The van der Waals surface area contributed by atoms with E-state index in [-0.39, 0.29) is 12.1 Å². The first-order valence-corrected chi connectivity index (χ1v) is 9.61. The van der Waals surface area contributed by atoms with E-state index in [0.29, 0.717) is 0 Å². The second-order valence-corrected chi connectivity index (χ2v) is 7.83. The van der Waals surface area contributed by atoms with Gasteiger partial charge in [-0.15, -0.1) is 11.3 Å². The number of fused-ring (bicyclic) bond motifs is 3. The molecule has 6 heteroatoms. The predicted octanol–water partition coefficient (Wildman–Crippen LogP) is 3.75. The number of rotatable bonds is 3. The van der Waals surface area contributed by atoms with Crippen LogP contribution in [0, 0.1) is 0 Å². The van der Waals surface area contributed by atoms with Gasteiger partial charge in [-0.1, -0.05) is 30.3 Å². The number of benzene rings is 1. The summed E-state index contributed by atoms with van der Waals surface area (Å²) in [4.78, 5) is 16.4. The Morgan fingerprint density at radius 3 is 2.85 bits per heavy atom. The van der Waals surface area contributed by atoms with Crippen molar-refractivity contribution >= 4 is 22.2 Å². The van der Waals surface area contributed by atoms with Gasteiger partial charge in [0.05, 0.1) is 11.8 Å². The van der Waals surface area contributed by atoms with Gasteiger partial charge in [0.25, 0.3) is 5.91 Å². The lowest BCUT2D eigenvalue weighted by atomic mass is 10.0. The zero-order valence-corrected chi connectivity index (χ0v) is 15.0. The average molecular weight is 365 g/mol. The van der Waals surface area contributed by atoms with Gasteiger partial charge in [-0.05, 0) is 29.7 Å². The molecule has 5 rings (SSSR count). The smallest absolute Gasteiger partial charge is 0.256 e. The molecule has 0 spiro atoms. The molecule has 2 aliphatic heterocycles. The number of carbonyl (C=O) groups is 1. The lowest BCUT2D eigenvalue weighted by molar-refractivity contribution is 0.0930. The van der Waals surface area contributed by atoms with E-state index in [1.165, 1.54) is 16.0 Å². The van der Waals surface area contributed by atoms with Crippen LogP contribution >= 0.6 is 11.3 Å². The predicted molar refractivity (Wildman–Crippen MR) is 101 cm³/mol. The van der Waals surface area contributed by atoms with E-state index in [1.807, 2.05) is 18.2 Å². The number of anilines is 1. The summed E-state index contributed by atoms with van der Waals surface area (Å²) < 4.78 is 5.44. The third kappa shape index (κ3) is 2.71. The number of thiophene rings is 1. The van der Waals surface area contributed by atoms with Crippen LogP contribution in [0.25, 0.3) is 0 Å². The van der Waals surface area contributed by atoms with Crippen molar-refractivity contribution in [2.24, 2.45) is 0 Å². The second-order valence-electron chi connectivity index (χ2n) is 6.72. The fourth-order valence-corrected chi connectivity index (χ4v) is 5.06. The third-order valence-electron chi connectivity index (χ3n) is 4.99. The summed E-state index contributed by atoms with van der Waals surface area (Å²) in [5.74, 6) is 0.718. The standard InChI is InChI=1S/C20H19N3O2S/c24-19-17-14-8-9-23(11-13-5-2-1-3-6-13)12-16(14)26-20(17)22-18(21-19)15-7-4-10-25-15/h1-7,10,18,22H,8-9,11-12H2,(H,21,24)/t18-/m1/s1. The van der Waals surface area contributed by atoms with Crippen LogP contribution in [0.15, 0.2) is 53.1 Å². The quantitative estimate of drug-likeness (QED) is 0.742. The summed E-state index contributed by atoms with van der Waals surface area (Å²) in [6.45, 7) is 2.81. The van der Waals surface area contributed by atoms with E-state index in [0.717, 1.165) is 42.4 Å². The molecule has 132 valence electrons. The van der Waals surface area contributed by atoms with Crippen molar-refractivity contribution in [2.75, 3.05) is 11.9 Å². The molecule has 2 aromatic heterocycles. The molecule has 26 heavy (non-hydrogen) atoms. The van der Waals surface area contributed by atoms with E-state index < -0.39 is 0 Å². The zero-order chi connectivity index (χ0) is 17.5. The molecule has 0 aliphatic carbocycles. The van der Waals surface area contributed by atoms with Gasteiger partial charge in [0.1, 0.15) is 10.8 Å². The molecule has 1 amide bonds. The molecular weight excluding hydrogens is 346 g/mol. The third-order valence-corrected chi connectivity index (χ3v) is 6.14. The zero-order valence-electron chi connectivity index (χ0n) is 14.2. The molecule has 0 unspecified atom stereocenters. The average Bonchev–Trinajstić information content (AvgIpc) is 3.30. The molecule has 0 saturated carbocycles. The van der Waals surface area contributed by atoms with Gasteiger partial charge < -0.3 is 15.1 Å². The Labute approximate surface area is 155 Å². The first-order chi connectivity index (χ1) is 12.8. The SMILES string of the molecule is O=C1N[C@@H](c2ccco2)Nc2sc3c(c21)CCN(Cc1ccccc1)C3.